The largest absolute Gasteiger partial charge is 0.366 e. The van der Waals surface area contributed by atoms with Crippen molar-refractivity contribution in [1.29, 1.82) is 0 Å². The van der Waals surface area contributed by atoms with Gasteiger partial charge in [-0.3, -0.25) is 9.59 Å². The average Bonchev–Trinajstić information content (AvgIpc) is 1.27. The minimum absolute atomic E-state index is 0.577. The van der Waals surface area contributed by atoms with Gasteiger partial charge in [-0.1, -0.05) is 0 Å². The molecule has 0 aromatic rings. The molecule has 0 saturated heterocycles. The highest BCUT2D eigenvalue weighted by atomic mass is 31.1. The summed E-state index contributed by atoms with van der Waals surface area (Å²) in [4.78, 5) is 19.5. The Kier molecular flexibility index (Phi) is 2.30. The third-order valence-corrected chi connectivity index (χ3v) is 0.739. The van der Waals surface area contributed by atoms with E-state index in [-0.39, 0.29) is 0 Å². The van der Waals surface area contributed by atoms with Crippen LogP contribution in [0.2, 0.25) is 0 Å². The van der Waals surface area contributed by atoms with Gasteiger partial charge in [0.2, 0.25) is 11.3 Å². The molecule has 0 atom stereocenters. The first-order valence-electron chi connectivity index (χ1n) is 1.49. The molecule has 7 heavy (non-hydrogen) atoms. The van der Waals surface area contributed by atoms with E-state index in [1.807, 2.05) is 0 Å². The molecule has 0 aliphatic rings. The first kappa shape index (κ1) is 6.37. The lowest BCUT2D eigenvalue weighted by atomic mass is 11.4. The molecule has 0 aromatic carbocycles. The van der Waals surface area contributed by atoms with Gasteiger partial charge >= 0.3 is 0 Å². The maximum absolute atomic E-state index is 9.74. The van der Waals surface area contributed by atoms with E-state index in [0.717, 1.165) is 0 Å². The maximum atomic E-state index is 9.74. The first-order chi connectivity index (χ1) is 3.13. The SMILES string of the molecule is NC(=O)PC(N)=O. The molecular weight excluding hydrogens is 115 g/mol. The highest BCUT2D eigenvalue weighted by Gasteiger charge is 1.96. The Morgan fingerprint density at radius 1 is 1.14 bits per heavy atom. The van der Waals surface area contributed by atoms with Crippen LogP contribution in [0.4, 0.5) is 9.59 Å². The van der Waals surface area contributed by atoms with Crippen LogP contribution in [0.25, 0.3) is 0 Å². The van der Waals surface area contributed by atoms with E-state index < -0.39 is 19.9 Å². The molecule has 4 N–H and O–H groups in total. The standard InChI is InChI=1S/C2H5N2O2P/c3-1(5)7-2(4)6/h7H,(H2,3,5)(H2,4,6). The second-order valence-corrected chi connectivity index (χ2v) is 2.09. The van der Waals surface area contributed by atoms with Crippen molar-refractivity contribution < 1.29 is 9.59 Å². The predicted octanol–water partition coefficient (Wildman–Crippen LogP) is -0.178. The Balaban J connectivity index is 3.32. The van der Waals surface area contributed by atoms with Gasteiger partial charge in [-0.05, 0) is 0 Å². The van der Waals surface area contributed by atoms with Crippen LogP contribution in [0, 0.1) is 0 Å². The number of nitrogens with two attached hydrogens (primary N) is 2. The Morgan fingerprint density at radius 3 is 1.43 bits per heavy atom. The molecule has 0 heterocycles. The number of carbonyl (C=O) groups excluding carboxylic acids is 2. The third kappa shape index (κ3) is 5.37. The van der Waals surface area contributed by atoms with Gasteiger partial charge in [0, 0.05) is 0 Å². The Morgan fingerprint density at radius 2 is 1.43 bits per heavy atom. The summed E-state index contributed by atoms with van der Waals surface area (Å²) < 4.78 is 0. The summed E-state index contributed by atoms with van der Waals surface area (Å²) in [7, 11) is -0.577. The fourth-order valence-electron chi connectivity index (χ4n) is 0.121. The number of hydrogen-bond acceptors (Lipinski definition) is 2. The second-order valence-electron chi connectivity index (χ2n) is 0.854. The van der Waals surface area contributed by atoms with Gasteiger partial charge in [0.25, 0.3) is 0 Å². The molecule has 0 rings (SSSR count). The van der Waals surface area contributed by atoms with Gasteiger partial charge in [0.15, 0.2) is 0 Å². The van der Waals surface area contributed by atoms with E-state index in [9.17, 15) is 9.59 Å². The van der Waals surface area contributed by atoms with E-state index in [1.54, 1.807) is 0 Å². The Hall–Kier alpha value is -0.630. The molecular formula is C2H5N2O2P. The fraction of sp³-hybridized carbons (Fsp3) is 0. The Bertz CT molecular complexity index is 89.9. The lowest BCUT2D eigenvalue weighted by Crippen LogP contribution is -2.09. The fourth-order valence-corrected chi connectivity index (χ4v) is 0.364. The lowest BCUT2D eigenvalue weighted by molar-refractivity contribution is 0.263. The van der Waals surface area contributed by atoms with Crippen molar-refractivity contribution in [1.82, 2.24) is 0 Å². The highest BCUT2D eigenvalue weighted by Crippen LogP contribution is 2.05. The predicted molar refractivity (Wildman–Crippen MR) is 27.5 cm³/mol. The first-order valence-corrected chi connectivity index (χ1v) is 2.49. The minimum atomic E-state index is -0.660. The van der Waals surface area contributed by atoms with E-state index in [4.69, 9.17) is 0 Å². The van der Waals surface area contributed by atoms with Crippen LogP contribution in [-0.2, 0) is 0 Å². The van der Waals surface area contributed by atoms with Crippen LogP contribution < -0.4 is 11.5 Å². The van der Waals surface area contributed by atoms with Crippen molar-refractivity contribution in [2.24, 2.45) is 11.5 Å². The zero-order chi connectivity index (χ0) is 5.86. The number of hydrogen-bond donors (Lipinski definition) is 2. The maximum Gasteiger partial charge on any atom is 0.244 e. The van der Waals surface area contributed by atoms with Gasteiger partial charge < -0.3 is 11.5 Å². The van der Waals surface area contributed by atoms with Gasteiger partial charge in [0.1, 0.15) is 0 Å². The highest BCUT2D eigenvalue weighted by molar-refractivity contribution is 7.73. The summed E-state index contributed by atoms with van der Waals surface area (Å²) in [5.41, 5.74) is 7.81. The number of rotatable bonds is 2. The molecule has 0 unspecified atom stereocenters. The van der Waals surface area contributed by atoms with Crippen LogP contribution in [-0.4, -0.2) is 11.3 Å². The van der Waals surface area contributed by atoms with Crippen molar-refractivity contribution >= 4 is 19.9 Å². The molecule has 0 aliphatic heterocycles. The van der Waals surface area contributed by atoms with Crippen LogP contribution in [0.3, 0.4) is 0 Å². The number of primary amides is 2. The lowest BCUT2D eigenvalue weighted by Gasteiger charge is -1.82. The second kappa shape index (κ2) is 2.53. The van der Waals surface area contributed by atoms with Crippen LogP contribution in [0.1, 0.15) is 0 Å². The van der Waals surface area contributed by atoms with Crippen molar-refractivity contribution in [3.63, 3.8) is 0 Å². The molecule has 5 heteroatoms. The molecule has 0 aliphatic carbocycles. The average molecular weight is 120 g/mol. The van der Waals surface area contributed by atoms with Crippen molar-refractivity contribution in [2.45, 2.75) is 0 Å². The molecule has 0 fully saturated rings. The van der Waals surface area contributed by atoms with Crippen molar-refractivity contribution in [2.75, 3.05) is 0 Å². The topological polar surface area (TPSA) is 86.2 Å². The summed E-state index contributed by atoms with van der Waals surface area (Å²) in [5, 5.41) is 0. The quantitative estimate of drug-likeness (QED) is 0.495. The molecule has 0 aromatic heterocycles. The van der Waals surface area contributed by atoms with E-state index in [2.05, 4.69) is 11.5 Å². The van der Waals surface area contributed by atoms with Crippen LogP contribution in [0.15, 0.2) is 0 Å². The van der Waals surface area contributed by atoms with Crippen molar-refractivity contribution in [3.05, 3.63) is 0 Å². The summed E-state index contributed by atoms with van der Waals surface area (Å²) in [5.74, 6) is 0. The molecule has 0 bridgehead atoms. The third-order valence-electron chi connectivity index (χ3n) is 0.246. The molecule has 2 amide bonds. The van der Waals surface area contributed by atoms with Gasteiger partial charge in [0.05, 0.1) is 8.58 Å². The van der Waals surface area contributed by atoms with Gasteiger partial charge in [-0.25, -0.2) is 0 Å². The zero-order valence-corrected chi connectivity index (χ0v) is 4.47. The molecule has 4 nitrogen and oxygen atoms in total. The van der Waals surface area contributed by atoms with E-state index in [1.165, 1.54) is 0 Å². The number of carbonyl (C=O) groups is 2. The smallest absolute Gasteiger partial charge is 0.244 e. The molecule has 0 spiro atoms. The molecule has 0 radical (unpaired) electrons. The van der Waals surface area contributed by atoms with Crippen LogP contribution >= 0.6 is 8.58 Å². The molecule has 0 saturated carbocycles. The van der Waals surface area contributed by atoms with Gasteiger partial charge in [-0.2, -0.15) is 0 Å². The minimum Gasteiger partial charge on any atom is -0.366 e. The number of amides is 2. The summed E-state index contributed by atoms with van der Waals surface area (Å²) >= 11 is 0. The normalized spacial score (nSPS) is 8.00. The van der Waals surface area contributed by atoms with E-state index in [0.29, 0.717) is 0 Å². The summed E-state index contributed by atoms with van der Waals surface area (Å²) in [6.45, 7) is 0. The molecule has 40 valence electrons. The summed E-state index contributed by atoms with van der Waals surface area (Å²) in [6, 6.07) is 0. The van der Waals surface area contributed by atoms with Crippen LogP contribution in [0.5, 0.6) is 0 Å². The Labute approximate surface area is 42.0 Å². The van der Waals surface area contributed by atoms with E-state index >= 15 is 0 Å². The van der Waals surface area contributed by atoms with Gasteiger partial charge in [-0.15, -0.1) is 0 Å². The van der Waals surface area contributed by atoms with Crippen molar-refractivity contribution in [3.8, 4) is 0 Å². The zero-order valence-electron chi connectivity index (χ0n) is 3.47. The summed E-state index contributed by atoms with van der Waals surface area (Å²) in [6.07, 6.45) is 0. The monoisotopic (exact) mass is 120 g/mol.